The van der Waals surface area contributed by atoms with E-state index in [4.69, 9.17) is 17.3 Å². The summed E-state index contributed by atoms with van der Waals surface area (Å²) in [7, 11) is -1.41. The first kappa shape index (κ1) is 16.0. The summed E-state index contributed by atoms with van der Waals surface area (Å²) in [6, 6.07) is 11.8. The zero-order chi connectivity index (χ0) is 15.4. The zero-order valence-corrected chi connectivity index (χ0v) is 14.0. The molecular formula is C14H12BrClN2O2S. The van der Waals surface area contributed by atoms with Crippen molar-refractivity contribution in [1.29, 1.82) is 0 Å². The number of carbonyl (C=O) groups is 1. The van der Waals surface area contributed by atoms with Gasteiger partial charge in [-0.1, -0.05) is 33.6 Å². The van der Waals surface area contributed by atoms with Crippen molar-refractivity contribution >= 4 is 55.6 Å². The van der Waals surface area contributed by atoms with Crippen LogP contribution in [0.3, 0.4) is 0 Å². The summed E-state index contributed by atoms with van der Waals surface area (Å²) >= 11 is 9.11. The Labute approximate surface area is 138 Å². The van der Waals surface area contributed by atoms with E-state index in [1.54, 1.807) is 36.4 Å². The maximum absolute atomic E-state index is 12.1. The molecule has 0 spiro atoms. The van der Waals surface area contributed by atoms with E-state index in [9.17, 15) is 9.00 Å². The Kier molecular flexibility index (Phi) is 5.39. The van der Waals surface area contributed by atoms with Crippen LogP contribution in [-0.2, 0) is 15.6 Å². The molecule has 4 nitrogen and oxygen atoms in total. The lowest BCUT2D eigenvalue weighted by Gasteiger charge is -2.07. The third-order valence-corrected chi connectivity index (χ3v) is 4.74. The van der Waals surface area contributed by atoms with E-state index in [-0.39, 0.29) is 11.7 Å². The molecular weight excluding hydrogens is 376 g/mol. The van der Waals surface area contributed by atoms with Gasteiger partial charge in [0.1, 0.15) is 5.75 Å². The molecule has 110 valence electrons. The van der Waals surface area contributed by atoms with Crippen molar-refractivity contribution in [2.45, 2.75) is 4.90 Å². The van der Waals surface area contributed by atoms with Gasteiger partial charge in [-0.05, 0) is 36.4 Å². The van der Waals surface area contributed by atoms with Crippen molar-refractivity contribution in [1.82, 2.24) is 0 Å². The number of carbonyl (C=O) groups excluding carboxylic acids is 1. The van der Waals surface area contributed by atoms with Crippen LogP contribution in [0.2, 0.25) is 5.02 Å². The lowest BCUT2D eigenvalue weighted by Crippen LogP contribution is -2.19. The Hall–Kier alpha value is -1.37. The number of rotatable bonds is 4. The van der Waals surface area contributed by atoms with Crippen LogP contribution in [-0.4, -0.2) is 15.9 Å². The van der Waals surface area contributed by atoms with Crippen molar-refractivity contribution in [2.75, 3.05) is 16.8 Å². The lowest BCUT2D eigenvalue weighted by atomic mass is 10.3. The molecule has 0 saturated carbocycles. The predicted molar refractivity (Wildman–Crippen MR) is 89.9 cm³/mol. The van der Waals surface area contributed by atoms with Gasteiger partial charge >= 0.3 is 0 Å². The molecule has 0 heterocycles. The van der Waals surface area contributed by atoms with E-state index >= 15 is 0 Å². The van der Waals surface area contributed by atoms with Crippen LogP contribution in [0.15, 0.2) is 51.8 Å². The van der Waals surface area contributed by atoms with Gasteiger partial charge < -0.3 is 11.1 Å². The SMILES string of the molecule is Nc1cc(NC(=O)CS(=O)c2cccc(Br)c2)ccc1Cl. The van der Waals surface area contributed by atoms with Crippen LogP contribution < -0.4 is 11.1 Å². The molecule has 2 rings (SSSR count). The van der Waals surface area contributed by atoms with Gasteiger partial charge in [0.25, 0.3) is 0 Å². The van der Waals surface area contributed by atoms with Crippen molar-refractivity contribution in [3.63, 3.8) is 0 Å². The van der Waals surface area contributed by atoms with Crippen LogP contribution in [0.25, 0.3) is 0 Å². The number of nitrogens with one attached hydrogen (secondary N) is 1. The third kappa shape index (κ3) is 4.56. The fourth-order valence-corrected chi connectivity index (χ4v) is 3.26. The highest BCUT2D eigenvalue weighted by atomic mass is 79.9. The van der Waals surface area contributed by atoms with Crippen LogP contribution >= 0.6 is 27.5 Å². The van der Waals surface area contributed by atoms with Gasteiger partial charge in [-0.2, -0.15) is 0 Å². The number of benzene rings is 2. The number of hydrogen-bond acceptors (Lipinski definition) is 3. The molecule has 2 aromatic carbocycles. The fourth-order valence-electron chi connectivity index (χ4n) is 1.63. The van der Waals surface area contributed by atoms with E-state index in [1.807, 2.05) is 6.07 Å². The van der Waals surface area contributed by atoms with E-state index < -0.39 is 10.8 Å². The number of amides is 1. The Morgan fingerprint density at radius 2 is 2.05 bits per heavy atom. The predicted octanol–water partition coefficient (Wildman–Crippen LogP) is 3.43. The van der Waals surface area contributed by atoms with Gasteiger partial charge in [0.05, 0.1) is 21.5 Å². The summed E-state index contributed by atoms with van der Waals surface area (Å²) in [6.07, 6.45) is 0. The number of hydrogen-bond donors (Lipinski definition) is 2. The molecule has 0 radical (unpaired) electrons. The normalized spacial score (nSPS) is 11.9. The first-order valence-electron chi connectivity index (χ1n) is 5.94. The van der Waals surface area contributed by atoms with Crippen molar-refractivity contribution < 1.29 is 9.00 Å². The second-order valence-electron chi connectivity index (χ2n) is 4.23. The Morgan fingerprint density at radius 3 is 2.71 bits per heavy atom. The van der Waals surface area contributed by atoms with Gasteiger partial charge in [0.2, 0.25) is 5.91 Å². The Bertz CT molecular complexity index is 709. The summed E-state index contributed by atoms with van der Waals surface area (Å²) in [6.45, 7) is 0. The molecule has 0 aliphatic carbocycles. The van der Waals surface area contributed by atoms with Crippen LogP contribution in [0.5, 0.6) is 0 Å². The van der Waals surface area contributed by atoms with Gasteiger partial charge in [0, 0.05) is 15.1 Å². The summed E-state index contributed by atoms with van der Waals surface area (Å²) < 4.78 is 12.9. The molecule has 0 bridgehead atoms. The molecule has 3 N–H and O–H groups in total. The lowest BCUT2D eigenvalue weighted by molar-refractivity contribution is -0.113. The monoisotopic (exact) mass is 386 g/mol. The molecule has 0 fully saturated rings. The second-order valence-corrected chi connectivity index (χ2v) is 7.01. The Morgan fingerprint density at radius 1 is 1.29 bits per heavy atom. The molecule has 0 saturated heterocycles. The minimum absolute atomic E-state index is 0.126. The molecule has 2 aromatic rings. The minimum atomic E-state index is -1.41. The average Bonchev–Trinajstić information content (AvgIpc) is 2.43. The van der Waals surface area contributed by atoms with Crippen LogP contribution in [0.4, 0.5) is 11.4 Å². The molecule has 1 amide bonds. The van der Waals surface area contributed by atoms with E-state index in [1.165, 1.54) is 0 Å². The van der Waals surface area contributed by atoms with Crippen LogP contribution in [0, 0.1) is 0 Å². The highest BCUT2D eigenvalue weighted by Crippen LogP contribution is 2.22. The molecule has 0 aromatic heterocycles. The summed E-state index contributed by atoms with van der Waals surface area (Å²) in [5, 5.41) is 3.06. The quantitative estimate of drug-likeness (QED) is 0.789. The average molecular weight is 388 g/mol. The fraction of sp³-hybridized carbons (Fsp3) is 0.0714. The van der Waals surface area contributed by atoms with Crippen molar-refractivity contribution in [2.24, 2.45) is 0 Å². The molecule has 7 heteroatoms. The highest BCUT2D eigenvalue weighted by Gasteiger charge is 2.11. The largest absolute Gasteiger partial charge is 0.397 e. The van der Waals surface area contributed by atoms with E-state index in [0.29, 0.717) is 21.3 Å². The third-order valence-electron chi connectivity index (χ3n) is 2.60. The molecule has 21 heavy (non-hydrogen) atoms. The van der Waals surface area contributed by atoms with Crippen LogP contribution in [0.1, 0.15) is 0 Å². The van der Waals surface area contributed by atoms with E-state index in [0.717, 1.165) is 4.47 Å². The van der Waals surface area contributed by atoms with Crippen molar-refractivity contribution in [3.05, 3.63) is 52.0 Å². The standard InChI is InChI=1S/C14H12BrClN2O2S/c15-9-2-1-3-11(6-9)21(20)8-14(19)18-10-4-5-12(16)13(17)7-10/h1-7H,8,17H2,(H,18,19). The number of nitrogens with two attached hydrogens (primary N) is 1. The first-order valence-corrected chi connectivity index (χ1v) is 8.43. The topological polar surface area (TPSA) is 72.2 Å². The molecule has 0 aliphatic rings. The van der Waals surface area contributed by atoms with Gasteiger partial charge in [-0.25, -0.2) is 0 Å². The maximum atomic E-state index is 12.1. The van der Waals surface area contributed by atoms with Crippen molar-refractivity contribution in [3.8, 4) is 0 Å². The smallest absolute Gasteiger partial charge is 0.237 e. The van der Waals surface area contributed by atoms with Gasteiger partial charge in [-0.15, -0.1) is 0 Å². The molecule has 0 aliphatic heterocycles. The second kappa shape index (κ2) is 7.06. The summed E-state index contributed by atoms with van der Waals surface area (Å²) in [5.41, 5.74) is 6.56. The number of anilines is 2. The Balaban J connectivity index is 2.01. The number of halogens is 2. The molecule has 1 unspecified atom stereocenters. The summed E-state index contributed by atoms with van der Waals surface area (Å²) in [5.74, 6) is -0.478. The maximum Gasteiger partial charge on any atom is 0.237 e. The highest BCUT2D eigenvalue weighted by molar-refractivity contribution is 9.10. The number of nitrogen functional groups attached to an aromatic ring is 1. The first-order chi connectivity index (χ1) is 9.95. The minimum Gasteiger partial charge on any atom is -0.397 e. The molecule has 1 atom stereocenters. The van der Waals surface area contributed by atoms with E-state index in [2.05, 4.69) is 21.2 Å². The van der Waals surface area contributed by atoms with Gasteiger partial charge in [0.15, 0.2) is 0 Å². The zero-order valence-electron chi connectivity index (χ0n) is 10.8. The van der Waals surface area contributed by atoms with Gasteiger partial charge in [-0.3, -0.25) is 9.00 Å². The summed E-state index contributed by atoms with van der Waals surface area (Å²) in [4.78, 5) is 12.5.